The number of aliphatic hydroxyl groups is 1. The number of carbonyl (C=O) groups excluding carboxylic acids is 2. The summed E-state index contributed by atoms with van der Waals surface area (Å²) in [5.41, 5.74) is 0.388. The third kappa shape index (κ3) is 3.85. The molecule has 1 heterocycles. The van der Waals surface area contributed by atoms with Gasteiger partial charge in [0.25, 0.3) is 5.91 Å². The molecule has 142 valence electrons. The molecule has 1 aromatic rings. The van der Waals surface area contributed by atoms with Gasteiger partial charge >= 0.3 is 6.03 Å². The van der Waals surface area contributed by atoms with Gasteiger partial charge in [-0.25, -0.2) is 4.79 Å². The standard InChI is InChI=1S/C20H28N2O4/c1-3-15-5-4-6-17(11-15)26-13-16(23)12-22-18(24)20(21-19(22)25)9-7-14(2)8-10-20/h4-6,11,14,16,23H,3,7-10,12-13H2,1-2H3,(H,21,25). The van der Waals surface area contributed by atoms with Crippen LogP contribution in [0.5, 0.6) is 5.75 Å². The summed E-state index contributed by atoms with van der Waals surface area (Å²) in [5.74, 6) is 1.05. The van der Waals surface area contributed by atoms with Crippen molar-refractivity contribution in [2.24, 2.45) is 5.92 Å². The van der Waals surface area contributed by atoms with E-state index in [9.17, 15) is 14.7 Å². The third-order valence-electron chi connectivity index (χ3n) is 5.52. The molecule has 3 rings (SSSR count). The number of ether oxygens (including phenoxy) is 1. The van der Waals surface area contributed by atoms with Gasteiger partial charge in [0.15, 0.2) is 0 Å². The summed E-state index contributed by atoms with van der Waals surface area (Å²) in [5, 5.41) is 13.1. The zero-order chi connectivity index (χ0) is 18.7. The van der Waals surface area contributed by atoms with E-state index in [4.69, 9.17) is 4.74 Å². The minimum atomic E-state index is -0.923. The molecule has 1 aromatic carbocycles. The Balaban J connectivity index is 1.56. The number of imide groups is 1. The Hall–Kier alpha value is -2.08. The van der Waals surface area contributed by atoms with Gasteiger partial charge in [-0.2, -0.15) is 0 Å². The molecule has 1 spiro atoms. The molecule has 6 nitrogen and oxygen atoms in total. The highest BCUT2D eigenvalue weighted by atomic mass is 16.5. The lowest BCUT2D eigenvalue weighted by atomic mass is 9.77. The highest BCUT2D eigenvalue weighted by Gasteiger charge is 2.52. The van der Waals surface area contributed by atoms with Crippen molar-refractivity contribution in [2.75, 3.05) is 13.2 Å². The predicted molar refractivity (Wildman–Crippen MR) is 97.9 cm³/mol. The molecule has 26 heavy (non-hydrogen) atoms. The molecule has 1 saturated carbocycles. The summed E-state index contributed by atoms with van der Waals surface area (Å²) in [7, 11) is 0. The first-order valence-electron chi connectivity index (χ1n) is 9.47. The summed E-state index contributed by atoms with van der Waals surface area (Å²) in [4.78, 5) is 26.2. The van der Waals surface area contributed by atoms with Crippen molar-refractivity contribution in [3.63, 3.8) is 0 Å². The van der Waals surface area contributed by atoms with Crippen LogP contribution < -0.4 is 10.1 Å². The van der Waals surface area contributed by atoms with Crippen molar-refractivity contribution in [3.05, 3.63) is 29.8 Å². The van der Waals surface area contributed by atoms with Crippen LogP contribution in [0.15, 0.2) is 24.3 Å². The average molecular weight is 360 g/mol. The number of β-amino-alcohol motifs (C(OH)–C–C–N with tert-alkyl or cyclic N) is 1. The smallest absolute Gasteiger partial charge is 0.325 e. The lowest BCUT2D eigenvalue weighted by Gasteiger charge is -2.33. The van der Waals surface area contributed by atoms with E-state index < -0.39 is 17.7 Å². The van der Waals surface area contributed by atoms with Crippen LogP contribution in [0.3, 0.4) is 0 Å². The SMILES string of the molecule is CCc1cccc(OCC(O)CN2C(=O)NC3(CCC(C)CC3)C2=O)c1. The topological polar surface area (TPSA) is 78.9 Å². The Morgan fingerprint density at radius 1 is 1.35 bits per heavy atom. The first kappa shape index (κ1) is 18.7. The van der Waals surface area contributed by atoms with E-state index in [2.05, 4.69) is 19.2 Å². The minimum Gasteiger partial charge on any atom is -0.491 e. The van der Waals surface area contributed by atoms with E-state index in [-0.39, 0.29) is 19.1 Å². The molecular formula is C20H28N2O4. The first-order valence-corrected chi connectivity index (χ1v) is 9.47. The number of nitrogens with one attached hydrogen (secondary N) is 1. The van der Waals surface area contributed by atoms with Gasteiger partial charge < -0.3 is 15.2 Å². The first-order chi connectivity index (χ1) is 12.4. The van der Waals surface area contributed by atoms with Crippen LogP contribution in [0.1, 0.15) is 45.1 Å². The second kappa shape index (κ2) is 7.66. The molecule has 1 aliphatic heterocycles. The van der Waals surface area contributed by atoms with Gasteiger partial charge in [0.05, 0.1) is 6.54 Å². The zero-order valence-corrected chi connectivity index (χ0v) is 15.5. The van der Waals surface area contributed by atoms with Crippen LogP contribution >= 0.6 is 0 Å². The Morgan fingerprint density at radius 2 is 2.08 bits per heavy atom. The molecule has 1 unspecified atom stereocenters. The molecule has 2 N–H and O–H groups in total. The Kier molecular flexibility index (Phi) is 5.51. The summed E-state index contributed by atoms with van der Waals surface area (Å²) in [6, 6.07) is 7.28. The maximum Gasteiger partial charge on any atom is 0.325 e. The van der Waals surface area contributed by atoms with E-state index in [0.717, 1.165) is 29.7 Å². The van der Waals surface area contributed by atoms with Crippen molar-refractivity contribution in [1.29, 1.82) is 0 Å². The van der Waals surface area contributed by atoms with Gasteiger partial charge in [-0.15, -0.1) is 0 Å². The number of hydrogen-bond donors (Lipinski definition) is 2. The normalized spacial score (nSPS) is 26.9. The van der Waals surface area contributed by atoms with Gasteiger partial charge in [0.2, 0.25) is 0 Å². The number of amides is 3. The van der Waals surface area contributed by atoms with Gasteiger partial charge in [-0.1, -0.05) is 26.0 Å². The molecule has 6 heteroatoms. The van der Waals surface area contributed by atoms with Crippen LogP contribution in [-0.4, -0.2) is 46.7 Å². The van der Waals surface area contributed by atoms with Gasteiger partial charge in [0, 0.05) is 0 Å². The molecule has 2 fully saturated rings. The fourth-order valence-electron chi connectivity index (χ4n) is 3.75. The summed E-state index contributed by atoms with van der Waals surface area (Å²) < 4.78 is 5.62. The molecule has 1 atom stereocenters. The lowest BCUT2D eigenvalue weighted by molar-refractivity contribution is -0.133. The average Bonchev–Trinajstić information content (AvgIpc) is 2.87. The fraction of sp³-hybridized carbons (Fsp3) is 0.600. The Labute approximate surface area is 154 Å². The number of nitrogens with zero attached hydrogens (tertiary/aromatic N) is 1. The second-order valence-corrected chi connectivity index (χ2v) is 7.58. The van der Waals surface area contributed by atoms with Crippen LogP contribution in [0.25, 0.3) is 0 Å². The number of urea groups is 1. The van der Waals surface area contributed by atoms with Crippen molar-refractivity contribution in [3.8, 4) is 5.75 Å². The molecule has 1 saturated heterocycles. The third-order valence-corrected chi connectivity index (χ3v) is 5.52. The van der Waals surface area contributed by atoms with E-state index in [1.807, 2.05) is 24.3 Å². The van der Waals surface area contributed by atoms with Crippen molar-refractivity contribution in [2.45, 2.75) is 57.6 Å². The number of aryl methyl sites for hydroxylation is 1. The van der Waals surface area contributed by atoms with E-state index in [1.54, 1.807) is 0 Å². The summed E-state index contributed by atoms with van der Waals surface area (Å²) >= 11 is 0. The zero-order valence-electron chi connectivity index (χ0n) is 15.5. The van der Waals surface area contributed by atoms with Gasteiger partial charge in [-0.3, -0.25) is 9.69 Å². The monoisotopic (exact) mass is 360 g/mol. The predicted octanol–water partition coefficient (Wildman–Crippen LogP) is 2.49. The van der Waals surface area contributed by atoms with E-state index in [0.29, 0.717) is 24.5 Å². The maximum absolute atomic E-state index is 12.8. The minimum absolute atomic E-state index is 0.0360. The van der Waals surface area contributed by atoms with Gasteiger partial charge in [0.1, 0.15) is 24.0 Å². The number of carbonyl (C=O) groups is 2. The van der Waals surface area contributed by atoms with Crippen molar-refractivity contribution >= 4 is 11.9 Å². The Morgan fingerprint density at radius 3 is 2.77 bits per heavy atom. The van der Waals surface area contributed by atoms with E-state index in [1.165, 1.54) is 0 Å². The highest BCUT2D eigenvalue weighted by Crippen LogP contribution is 2.36. The summed E-state index contributed by atoms with van der Waals surface area (Å²) in [6.07, 6.45) is 3.19. The molecule has 0 aromatic heterocycles. The van der Waals surface area contributed by atoms with Crippen LogP contribution in [0, 0.1) is 5.92 Å². The number of rotatable bonds is 6. The Bertz CT molecular complexity index is 668. The second-order valence-electron chi connectivity index (χ2n) is 7.58. The molecule has 3 amide bonds. The van der Waals surface area contributed by atoms with Crippen LogP contribution in [-0.2, 0) is 11.2 Å². The fourth-order valence-corrected chi connectivity index (χ4v) is 3.75. The largest absolute Gasteiger partial charge is 0.491 e. The van der Waals surface area contributed by atoms with E-state index >= 15 is 0 Å². The van der Waals surface area contributed by atoms with Crippen LogP contribution in [0.4, 0.5) is 4.79 Å². The number of aliphatic hydroxyl groups excluding tert-OH is 1. The molecule has 0 radical (unpaired) electrons. The van der Waals surface area contributed by atoms with Gasteiger partial charge in [-0.05, 0) is 55.7 Å². The molecule has 2 aliphatic rings. The van der Waals surface area contributed by atoms with Crippen LogP contribution in [0.2, 0.25) is 0 Å². The summed E-state index contributed by atoms with van der Waals surface area (Å²) in [6.45, 7) is 4.22. The molecule has 1 aliphatic carbocycles. The van der Waals surface area contributed by atoms with Crippen molar-refractivity contribution < 1.29 is 19.4 Å². The van der Waals surface area contributed by atoms with Crippen molar-refractivity contribution in [1.82, 2.24) is 10.2 Å². The number of benzene rings is 1. The highest BCUT2D eigenvalue weighted by molar-refractivity contribution is 6.07. The lowest BCUT2D eigenvalue weighted by Crippen LogP contribution is -2.49. The quantitative estimate of drug-likeness (QED) is 0.764. The molecule has 0 bridgehead atoms. The number of hydrogen-bond acceptors (Lipinski definition) is 4. The maximum atomic E-state index is 12.8. The molecular weight excluding hydrogens is 332 g/mol.